The second kappa shape index (κ2) is 10.7. The van der Waals surface area contributed by atoms with Crippen LogP contribution in [0, 0.1) is 5.92 Å². The summed E-state index contributed by atoms with van der Waals surface area (Å²) in [6, 6.07) is 10.7. The number of nitrogen functional groups attached to an aromatic ring is 1. The Morgan fingerprint density at radius 1 is 1.13 bits per heavy atom. The first kappa shape index (κ1) is 23.1. The molecule has 1 aliphatic heterocycles. The first-order chi connectivity index (χ1) is 14.8. The number of aromatic nitrogens is 1. The van der Waals surface area contributed by atoms with Crippen LogP contribution < -0.4 is 10.5 Å². The van der Waals surface area contributed by atoms with Gasteiger partial charge in [0.2, 0.25) is 0 Å². The molecule has 2 N–H and O–H groups in total. The third-order valence-electron chi connectivity index (χ3n) is 5.73. The lowest BCUT2D eigenvalue weighted by Crippen LogP contribution is -2.39. The number of hydrogen-bond acceptors (Lipinski definition) is 5. The summed E-state index contributed by atoms with van der Waals surface area (Å²) in [4.78, 5) is 18.2. The molecule has 31 heavy (non-hydrogen) atoms. The molecule has 6 nitrogen and oxygen atoms in total. The normalized spacial score (nSPS) is 15.0. The summed E-state index contributed by atoms with van der Waals surface area (Å²) >= 11 is 0. The van der Waals surface area contributed by atoms with E-state index in [0.29, 0.717) is 24.8 Å². The van der Waals surface area contributed by atoms with Gasteiger partial charge in [-0.05, 0) is 61.1 Å². The largest absolute Gasteiger partial charge is 0.493 e. The van der Waals surface area contributed by atoms with E-state index < -0.39 is 8.07 Å². The molecule has 0 bridgehead atoms. The molecular formula is C24H35N3O3Si. The number of carbonyl (C=O) groups excluding carboxylic acids is 1. The maximum atomic E-state index is 12.3. The van der Waals surface area contributed by atoms with E-state index in [0.717, 1.165) is 55.3 Å². The van der Waals surface area contributed by atoms with Crippen LogP contribution in [0.2, 0.25) is 25.7 Å². The lowest BCUT2D eigenvalue weighted by atomic mass is 9.94. The number of benzene rings is 1. The van der Waals surface area contributed by atoms with Crippen molar-refractivity contribution in [3.05, 3.63) is 42.7 Å². The number of nitrogens with two attached hydrogens (primary N) is 1. The van der Waals surface area contributed by atoms with Gasteiger partial charge in [-0.15, -0.1) is 0 Å². The summed E-state index contributed by atoms with van der Waals surface area (Å²) in [5.74, 6) is 1.35. The molecule has 0 saturated carbocycles. The number of carbonyl (C=O) groups is 1. The molecule has 1 saturated heterocycles. The molecule has 1 aliphatic rings. The Hall–Kier alpha value is -2.54. The van der Waals surface area contributed by atoms with Gasteiger partial charge in [0.05, 0.1) is 13.2 Å². The minimum atomic E-state index is -1.18. The second-order valence-corrected chi connectivity index (χ2v) is 15.1. The molecule has 7 heteroatoms. The Balaban J connectivity index is 1.44. The van der Waals surface area contributed by atoms with Gasteiger partial charge in [0.1, 0.15) is 5.75 Å². The number of rotatable bonds is 8. The Morgan fingerprint density at radius 3 is 2.52 bits per heavy atom. The van der Waals surface area contributed by atoms with Gasteiger partial charge in [0.15, 0.2) is 0 Å². The topological polar surface area (TPSA) is 77.7 Å². The van der Waals surface area contributed by atoms with E-state index in [1.54, 1.807) is 12.4 Å². The van der Waals surface area contributed by atoms with Crippen molar-refractivity contribution in [3.8, 4) is 16.9 Å². The van der Waals surface area contributed by atoms with Gasteiger partial charge in [-0.25, -0.2) is 4.79 Å². The van der Waals surface area contributed by atoms with E-state index in [4.69, 9.17) is 15.2 Å². The van der Waals surface area contributed by atoms with Gasteiger partial charge >= 0.3 is 6.09 Å². The lowest BCUT2D eigenvalue weighted by Gasteiger charge is -2.31. The van der Waals surface area contributed by atoms with Crippen LogP contribution in [0.4, 0.5) is 10.5 Å². The maximum Gasteiger partial charge on any atom is 0.409 e. The molecule has 0 unspecified atom stereocenters. The van der Waals surface area contributed by atoms with Crippen LogP contribution in [-0.2, 0) is 4.74 Å². The first-order valence-electron chi connectivity index (χ1n) is 11.2. The van der Waals surface area contributed by atoms with Crippen LogP contribution in [0.5, 0.6) is 5.75 Å². The van der Waals surface area contributed by atoms with Crippen molar-refractivity contribution in [3.63, 3.8) is 0 Å². The Morgan fingerprint density at radius 2 is 1.84 bits per heavy atom. The van der Waals surface area contributed by atoms with E-state index in [-0.39, 0.29) is 6.09 Å². The van der Waals surface area contributed by atoms with Gasteiger partial charge in [-0.3, -0.25) is 4.98 Å². The molecule has 0 aliphatic carbocycles. The highest BCUT2D eigenvalue weighted by molar-refractivity contribution is 6.76. The number of likely N-dealkylation sites (tertiary alicyclic amines) is 1. The fraction of sp³-hybridized carbons (Fsp3) is 0.500. The average Bonchev–Trinajstić information content (AvgIpc) is 2.74. The smallest absolute Gasteiger partial charge is 0.409 e. The van der Waals surface area contributed by atoms with Gasteiger partial charge in [0, 0.05) is 50.9 Å². The van der Waals surface area contributed by atoms with Gasteiger partial charge in [0.25, 0.3) is 0 Å². The zero-order chi connectivity index (χ0) is 22.3. The highest BCUT2D eigenvalue weighted by atomic mass is 28.3. The molecular weight excluding hydrogens is 406 g/mol. The van der Waals surface area contributed by atoms with Crippen molar-refractivity contribution in [1.82, 2.24) is 9.88 Å². The van der Waals surface area contributed by atoms with Crippen LogP contribution in [0.15, 0.2) is 42.7 Å². The summed E-state index contributed by atoms with van der Waals surface area (Å²) in [6.07, 6.45) is 6.33. The van der Waals surface area contributed by atoms with E-state index in [2.05, 4.69) is 24.6 Å². The third-order valence-corrected chi connectivity index (χ3v) is 7.44. The lowest BCUT2D eigenvalue weighted by molar-refractivity contribution is 0.0889. The molecule has 2 heterocycles. The molecule has 3 rings (SSSR count). The summed E-state index contributed by atoms with van der Waals surface area (Å²) in [5.41, 5.74) is 8.75. The molecule has 1 fully saturated rings. The van der Waals surface area contributed by atoms with Crippen molar-refractivity contribution in [2.24, 2.45) is 5.92 Å². The predicted octanol–water partition coefficient (Wildman–Crippen LogP) is 5.29. The SMILES string of the molecule is C[Si](C)(C)CCOC(=O)N1CCC(CCOc2cc(N)ccc2-c2ccncc2)CC1. The highest BCUT2D eigenvalue weighted by Gasteiger charge is 2.24. The monoisotopic (exact) mass is 441 g/mol. The summed E-state index contributed by atoms with van der Waals surface area (Å²) in [5, 5.41) is 0. The average molecular weight is 442 g/mol. The molecule has 168 valence electrons. The quantitative estimate of drug-likeness (QED) is 0.445. The zero-order valence-electron chi connectivity index (χ0n) is 19.0. The molecule has 1 aromatic heterocycles. The van der Waals surface area contributed by atoms with Crippen molar-refractivity contribution >= 4 is 19.9 Å². The standard InChI is InChI=1S/C24H35N3O3Si/c1-31(2,3)17-16-30-24(28)27-13-8-19(9-14-27)10-15-29-23-18-21(25)4-5-22(23)20-6-11-26-12-7-20/h4-7,11-12,18-19H,8-10,13-17,25H2,1-3H3. The summed E-state index contributed by atoms with van der Waals surface area (Å²) in [6.45, 7) is 9.57. The van der Waals surface area contributed by atoms with Crippen LogP contribution in [-0.4, -0.2) is 50.4 Å². The third kappa shape index (κ3) is 7.27. The number of nitrogens with zero attached hydrogens (tertiary/aromatic N) is 2. The number of hydrogen-bond donors (Lipinski definition) is 1. The number of amides is 1. The van der Waals surface area contributed by atoms with Gasteiger partial charge in [-0.2, -0.15) is 0 Å². The second-order valence-electron chi connectivity index (χ2n) is 9.48. The maximum absolute atomic E-state index is 12.3. The van der Waals surface area contributed by atoms with E-state index in [9.17, 15) is 4.79 Å². The molecule has 0 spiro atoms. The fourth-order valence-electron chi connectivity index (χ4n) is 3.70. The molecule has 1 amide bonds. The fourth-order valence-corrected chi connectivity index (χ4v) is 4.42. The highest BCUT2D eigenvalue weighted by Crippen LogP contribution is 2.32. The van der Waals surface area contributed by atoms with Gasteiger partial charge < -0.3 is 20.1 Å². The molecule has 1 aromatic carbocycles. The summed E-state index contributed by atoms with van der Waals surface area (Å²) < 4.78 is 11.6. The van der Waals surface area contributed by atoms with Crippen molar-refractivity contribution in [2.75, 3.05) is 32.0 Å². The summed E-state index contributed by atoms with van der Waals surface area (Å²) in [7, 11) is -1.18. The zero-order valence-corrected chi connectivity index (χ0v) is 20.0. The van der Waals surface area contributed by atoms with E-state index in [1.165, 1.54) is 0 Å². The number of pyridine rings is 1. The minimum absolute atomic E-state index is 0.158. The first-order valence-corrected chi connectivity index (χ1v) is 14.9. The molecule has 0 atom stereocenters. The Bertz CT molecular complexity index is 847. The molecule has 2 aromatic rings. The van der Waals surface area contributed by atoms with E-state index in [1.807, 2.05) is 35.2 Å². The van der Waals surface area contributed by atoms with Crippen molar-refractivity contribution in [2.45, 2.75) is 44.9 Å². The molecule has 0 radical (unpaired) electrons. The minimum Gasteiger partial charge on any atom is -0.493 e. The van der Waals surface area contributed by atoms with Crippen LogP contribution in [0.25, 0.3) is 11.1 Å². The van der Waals surface area contributed by atoms with Gasteiger partial charge in [-0.1, -0.05) is 19.6 Å². The number of piperidine rings is 1. The van der Waals surface area contributed by atoms with Crippen LogP contribution in [0.3, 0.4) is 0 Å². The number of ether oxygens (including phenoxy) is 2. The van der Waals surface area contributed by atoms with Crippen LogP contribution in [0.1, 0.15) is 19.3 Å². The van der Waals surface area contributed by atoms with Crippen LogP contribution >= 0.6 is 0 Å². The Kier molecular flexibility index (Phi) is 7.95. The Labute approximate surface area is 186 Å². The number of anilines is 1. The van der Waals surface area contributed by atoms with E-state index >= 15 is 0 Å². The van der Waals surface area contributed by atoms with Crippen molar-refractivity contribution in [1.29, 1.82) is 0 Å². The predicted molar refractivity (Wildman–Crippen MR) is 128 cm³/mol. The van der Waals surface area contributed by atoms with Crippen molar-refractivity contribution < 1.29 is 14.3 Å².